The van der Waals surface area contributed by atoms with Crippen LogP contribution in [0.25, 0.3) is 0 Å². The molecule has 0 aliphatic carbocycles. The second kappa shape index (κ2) is 10.2. The monoisotopic (exact) mass is 404 g/mol. The molecule has 0 saturated heterocycles. The van der Waals surface area contributed by atoms with Crippen LogP contribution in [0.3, 0.4) is 0 Å². The van der Waals surface area contributed by atoms with E-state index in [1.54, 1.807) is 25.3 Å². The molecular formula is C23H21FN4O2. The zero-order chi connectivity index (χ0) is 21.3. The SMILES string of the molecule is COCc1cc(C)nc(N=NCc2ccccc2OCc2ccc(F)cc2)c1C#N. The quantitative estimate of drug-likeness (QED) is 0.470. The predicted octanol–water partition coefficient (Wildman–Crippen LogP) is 5.41. The Balaban J connectivity index is 1.74. The van der Waals surface area contributed by atoms with Crippen LogP contribution in [-0.2, 0) is 24.5 Å². The fourth-order valence-electron chi connectivity index (χ4n) is 2.88. The maximum Gasteiger partial charge on any atom is 0.192 e. The minimum atomic E-state index is -0.283. The van der Waals surface area contributed by atoms with Gasteiger partial charge in [-0.25, -0.2) is 9.37 Å². The first-order chi connectivity index (χ1) is 14.6. The molecule has 0 saturated carbocycles. The topological polar surface area (TPSA) is 79.9 Å². The Bertz CT molecular complexity index is 1080. The van der Waals surface area contributed by atoms with Crippen molar-refractivity contribution in [3.8, 4) is 11.8 Å². The second-order valence-corrected chi connectivity index (χ2v) is 6.59. The van der Waals surface area contributed by atoms with Crippen LogP contribution < -0.4 is 4.74 Å². The van der Waals surface area contributed by atoms with Crippen LogP contribution in [-0.4, -0.2) is 12.1 Å². The number of hydrogen-bond acceptors (Lipinski definition) is 6. The molecule has 0 unspecified atom stereocenters. The van der Waals surface area contributed by atoms with E-state index in [9.17, 15) is 9.65 Å². The first-order valence-corrected chi connectivity index (χ1v) is 9.33. The van der Waals surface area contributed by atoms with E-state index in [-0.39, 0.29) is 18.2 Å². The highest BCUT2D eigenvalue weighted by atomic mass is 19.1. The van der Waals surface area contributed by atoms with Crippen molar-refractivity contribution in [1.29, 1.82) is 5.26 Å². The van der Waals surface area contributed by atoms with E-state index in [4.69, 9.17) is 9.47 Å². The van der Waals surface area contributed by atoms with Crippen molar-refractivity contribution in [2.75, 3.05) is 7.11 Å². The largest absolute Gasteiger partial charge is 0.489 e. The van der Waals surface area contributed by atoms with Gasteiger partial charge in [-0.3, -0.25) is 0 Å². The van der Waals surface area contributed by atoms with Crippen LogP contribution in [0.5, 0.6) is 5.75 Å². The highest BCUT2D eigenvalue weighted by molar-refractivity contribution is 5.52. The molecule has 30 heavy (non-hydrogen) atoms. The lowest BCUT2D eigenvalue weighted by atomic mass is 10.1. The summed E-state index contributed by atoms with van der Waals surface area (Å²) in [6.07, 6.45) is 0. The van der Waals surface area contributed by atoms with Gasteiger partial charge in [0.25, 0.3) is 0 Å². The summed E-state index contributed by atoms with van der Waals surface area (Å²) >= 11 is 0. The van der Waals surface area contributed by atoms with Gasteiger partial charge in [-0.1, -0.05) is 30.3 Å². The highest BCUT2D eigenvalue weighted by Gasteiger charge is 2.11. The van der Waals surface area contributed by atoms with Crippen LogP contribution >= 0.6 is 0 Å². The van der Waals surface area contributed by atoms with E-state index >= 15 is 0 Å². The molecule has 0 radical (unpaired) electrons. The maximum absolute atomic E-state index is 13.0. The number of pyridine rings is 1. The van der Waals surface area contributed by atoms with Gasteiger partial charge in [0.1, 0.15) is 29.8 Å². The Kier molecular flexibility index (Phi) is 7.19. The number of benzene rings is 2. The van der Waals surface area contributed by atoms with E-state index < -0.39 is 0 Å². The number of methoxy groups -OCH3 is 1. The zero-order valence-corrected chi connectivity index (χ0v) is 16.8. The number of azo groups is 1. The summed E-state index contributed by atoms with van der Waals surface area (Å²) in [5.41, 5.74) is 3.52. The number of halogens is 1. The molecule has 0 bridgehead atoms. The molecule has 1 heterocycles. The second-order valence-electron chi connectivity index (χ2n) is 6.59. The number of ether oxygens (including phenoxy) is 2. The third-order valence-corrected chi connectivity index (χ3v) is 4.31. The van der Waals surface area contributed by atoms with Crippen molar-refractivity contribution in [3.05, 3.63) is 88.4 Å². The van der Waals surface area contributed by atoms with Crippen molar-refractivity contribution in [2.24, 2.45) is 10.2 Å². The summed E-state index contributed by atoms with van der Waals surface area (Å²) in [6.45, 7) is 2.71. The molecule has 6 nitrogen and oxygen atoms in total. The lowest BCUT2D eigenvalue weighted by molar-refractivity contribution is 0.184. The Hall–Kier alpha value is -3.63. The van der Waals surface area contributed by atoms with E-state index in [0.717, 1.165) is 22.4 Å². The van der Waals surface area contributed by atoms with Crippen LogP contribution in [0.4, 0.5) is 10.2 Å². The number of aromatic nitrogens is 1. The summed E-state index contributed by atoms with van der Waals surface area (Å²) < 4.78 is 24.1. The van der Waals surface area contributed by atoms with E-state index in [2.05, 4.69) is 21.3 Å². The van der Waals surface area contributed by atoms with Crippen molar-refractivity contribution in [1.82, 2.24) is 4.98 Å². The van der Waals surface area contributed by atoms with Crippen LogP contribution in [0.1, 0.15) is 27.9 Å². The van der Waals surface area contributed by atoms with Gasteiger partial charge in [-0.05, 0) is 36.8 Å². The van der Waals surface area contributed by atoms with Gasteiger partial charge in [0.15, 0.2) is 5.82 Å². The minimum Gasteiger partial charge on any atom is -0.489 e. The third-order valence-electron chi connectivity index (χ3n) is 4.31. The normalized spacial score (nSPS) is 10.9. The zero-order valence-electron chi connectivity index (χ0n) is 16.8. The molecule has 0 fully saturated rings. The summed E-state index contributed by atoms with van der Waals surface area (Å²) in [7, 11) is 1.57. The van der Waals surface area contributed by atoms with Crippen molar-refractivity contribution in [3.63, 3.8) is 0 Å². The molecule has 0 aliphatic rings. The molecule has 0 aliphatic heterocycles. The molecule has 2 aromatic carbocycles. The van der Waals surface area contributed by atoms with Gasteiger partial charge in [0.2, 0.25) is 0 Å². The first kappa shape index (κ1) is 21.1. The van der Waals surface area contributed by atoms with E-state index in [1.807, 2.05) is 31.2 Å². The lowest BCUT2D eigenvalue weighted by Gasteiger charge is -2.10. The molecule has 0 atom stereocenters. The number of aryl methyl sites for hydroxylation is 1. The molecule has 3 rings (SSSR count). The van der Waals surface area contributed by atoms with Crippen molar-refractivity contribution < 1.29 is 13.9 Å². The third kappa shape index (κ3) is 5.46. The molecule has 7 heteroatoms. The van der Waals surface area contributed by atoms with Gasteiger partial charge in [0.05, 0.1) is 13.2 Å². The number of nitrogens with zero attached hydrogens (tertiary/aromatic N) is 4. The van der Waals surface area contributed by atoms with Gasteiger partial charge >= 0.3 is 0 Å². The average molecular weight is 404 g/mol. The number of para-hydroxylation sites is 1. The fourth-order valence-corrected chi connectivity index (χ4v) is 2.88. The standard InChI is InChI=1S/C23H21FN4O2/c1-16-11-19(15-29-2)21(12-25)23(27-16)28-26-13-18-5-3-4-6-22(18)30-14-17-7-9-20(24)10-8-17/h3-11H,13-15H2,1-2H3. The number of hydrogen-bond donors (Lipinski definition) is 0. The van der Waals surface area contributed by atoms with E-state index in [0.29, 0.717) is 24.5 Å². The van der Waals surface area contributed by atoms with Gasteiger partial charge in [0, 0.05) is 23.9 Å². The summed E-state index contributed by atoms with van der Waals surface area (Å²) in [5.74, 6) is 0.655. The van der Waals surface area contributed by atoms with Crippen molar-refractivity contribution >= 4 is 5.82 Å². The van der Waals surface area contributed by atoms with Gasteiger partial charge in [-0.2, -0.15) is 10.4 Å². The highest BCUT2D eigenvalue weighted by Crippen LogP contribution is 2.24. The first-order valence-electron chi connectivity index (χ1n) is 9.33. The minimum absolute atomic E-state index is 0.264. The van der Waals surface area contributed by atoms with Crippen LogP contribution in [0.15, 0.2) is 64.8 Å². The van der Waals surface area contributed by atoms with Gasteiger partial charge < -0.3 is 9.47 Å². The number of rotatable bonds is 8. The molecule has 1 aromatic heterocycles. The lowest BCUT2D eigenvalue weighted by Crippen LogP contribution is -1.98. The smallest absolute Gasteiger partial charge is 0.192 e. The fraction of sp³-hybridized carbons (Fsp3) is 0.217. The predicted molar refractivity (Wildman–Crippen MR) is 110 cm³/mol. The Morgan fingerprint density at radius 3 is 2.57 bits per heavy atom. The van der Waals surface area contributed by atoms with Gasteiger partial charge in [-0.15, -0.1) is 5.11 Å². The summed E-state index contributed by atoms with van der Waals surface area (Å²) in [5, 5.41) is 17.9. The Morgan fingerprint density at radius 2 is 1.83 bits per heavy atom. The number of nitriles is 1. The Labute approximate surface area is 174 Å². The average Bonchev–Trinajstić information content (AvgIpc) is 2.74. The van der Waals surface area contributed by atoms with Crippen molar-refractivity contribution in [2.45, 2.75) is 26.7 Å². The summed E-state index contributed by atoms with van der Waals surface area (Å²) in [4.78, 5) is 4.32. The summed E-state index contributed by atoms with van der Waals surface area (Å²) in [6, 6.07) is 17.6. The molecular weight excluding hydrogens is 383 g/mol. The van der Waals surface area contributed by atoms with Crippen LogP contribution in [0.2, 0.25) is 0 Å². The van der Waals surface area contributed by atoms with E-state index in [1.165, 1.54) is 12.1 Å². The Morgan fingerprint density at radius 1 is 1.07 bits per heavy atom. The van der Waals surface area contributed by atoms with Crippen LogP contribution in [0, 0.1) is 24.1 Å². The maximum atomic E-state index is 13.0. The molecule has 3 aromatic rings. The molecule has 0 amide bonds. The molecule has 0 N–H and O–H groups in total. The molecule has 152 valence electrons. The molecule has 0 spiro atoms.